The van der Waals surface area contributed by atoms with Gasteiger partial charge in [-0.15, -0.1) is 0 Å². The topological polar surface area (TPSA) is 78.4 Å². The summed E-state index contributed by atoms with van der Waals surface area (Å²) < 4.78 is 9.78. The van der Waals surface area contributed by atoms with Gasteiger partial charge in [-0.1, -0.05) is 11.8 Å². The first-order valence-electron chi connectivity index (χ1n) is 6.30. The van der Waals surface area contributed by atoms with E-state index in [9.17, 15) is 9.59 Å². The van der Waals surface area contributed by atoms with Crippen LogP contribution in [0.1, 0.15) is 25.2 Å². The van der Waals surface area contributed by atoms with Gasteiger partial charge in [0.15, 0.2) is 5.16 Å². The number of esters is 2. The molecule has 110 valence electrons. The Bertz CT molecular complexity index is 455. The molecule has 0 atom stereocenters. The fourth-order valence-electron chi connectivity index (χ4n) is 1.48. The van der Waals surface area contributed by atoms with Gasteiger partial charge in [0.2, 0.25) is 5.25 Å². The van der Waals surface area contributed by atoms with Gasteiger partial charge in [-0.25, -0.2) is 9.97 Å². The molecule has 0 saturated carbocycles. The molecular formula is C13H18N2O4S. The van der Waals surface area contributed by atoms with Crippen LogP contribution in [0.2, 0.25) is 0 Å². The second-order valence-electron chi connectivity index (χ2n) is 3.94. The third-order valence-corrected chi connectivity index (χ3v) is 3.20. The number of ether oxygens (including phenoxy) is 2. The van der Waals surface area contributed by atoms with Crippen LogP contribution in [0.25, 0.3) is 0 Å². The van der Waals surface area contributed by atoms with Gasteiger partial charge in [-0.3, -0.25) is 9.59 Å². The summed E-state index contributed by atoms with van der Waals surface area (Å²) in [6, 6.07) is 1.81. The lowest BCUT2D eigenvalue weighted by Gasteiger charge is -2.13. The van der Waals surface area contributed by atoms with Crippen molar-refractivity contribution < 1.29 is 19.1 Å². The summed E-state index contributed by atoms with van der Waals surface area (Å²) in [5.41, 5.74) is 1.54. The lowest BCUT2D eigenvalue weighted by molar-refractivity contribution is -0.152. The highest BCUT2D eigenvalue weighted by Gasteiger charge is 2.32. The third-order valence-electron chi connectivity index (χ3n) is 2.19. The zero-order valence-corrected chi connectivity index (χ0v) is 12.8. The number of carbonyl (C=O) groups is 2. The zero-order valence-electron chi connectivity index (χ0n) is 12.0. The molecule has 0 amide bonds. The second kappa shape index (κ2) is 7.84. The van der Waals surface area contributed by atoms with Crippen LogP contribution in [0, 0.1) is 13.8 Å². The summed E-state index contributed by atoms with van der Waals surface area (Å²) in [5.74, 6) is -1.28. The maximum Gasteiger partial charge on any atom is 0.331 e. The molecule has 0 unspecified atom stereocenters. The number of rotatable bonds is 6. The van der Waals surface area contributed by atoms with Gasteiger partial charge < -0.3 is 9.47 Å². The van der Waals surface area contributed by atoms with Crippen molar-refractivity contribution in [3.05, 3.63) is 17.5 Å². The Morgan fingerprint density at radius 2 is 1.55 bits per heavy atom. The molecule has 0 fully saturated rings. The molecule has 7 heteroatoms. The molecule has 6 nitrogen and oxygen atoms in total. The summed E-state index contributed by atoms with van der Waals surface area (Å²) >= 11 is 0.942. The Balaban J connectivity index is 2.93. The van der Waals surface area contributed by atoms with Crippen LogP contribution in [0.5, 0.6) is 0 Å². The van der Waals surface area contributed by atoms with E-state index in [1.807, 2.05) is 19.9 Å². The van der Waals surface area contributed by atoms with Crippen LogP contribution in [-0.2, 0) is 19.1 Å². The third kappa shape index (κ3) is 4.80. The summed E-state index contributed by atoms with van der Waals surface area (Å²) in [5, 5.41) is -0.746. The molecule has 1 aromatic rings. The fraction of sp³-hybridized carbons (Fsp3) is 0.538. The highest BCUT2D eigenvalue weighted by molar-refractivity contribution is 8.01. The first-order chi connectivity index (χ1) is 9.47. The minimum absolute atomic E-state index is 0.197. The SMILES string of the molecule is CCOC(=O)C(Sc1nc(C)cc(C)n1)C(=O)OCC. The Hall–Kier alpha value is -1.63. The largest absolute Gasteiger partial charge is 0.465 e. The summed E-state index contributed by atoms with van der Waals surface area (Å²) in [4.78, 5) is 32.1. The van der Waals surface area contributed by atoms with E-state index in [4.69, 9.17) is 9.47 Å². The number of hydrogen-bond acceptors (Lipinski definition) is 7. The van der Waals surface area contributed by atoms with Crippen molar-refractivity contribution in [2.75, 3.05) is 13.2 Å². The second-order valence-corrected chi connectivity index (χ2v) is 5.01. The Morgan fingerprint density at radius 1 is 1.10 bits per heavy atom. The molecule has 0 aromatic carbocycles. The van der Waals surface area contributed by atoms with Gasteiger partial charge in [0.05, 0.1) is 13.2 Å². The number of aryl methyl sites for hydroxylation is 2. The Kier molecular flexibility index (Phi) is 6.44. The van der Waals surface area contributed by atoms with E-state index < -0.39 is 17.2 Å². The van der Waals surface area contributed by atoms with Crippen LogP contribution < -0.4 is 0 Å². The summed E-state index contributed by atoms with van der Waals surface area (Å²) in [6.07, 6.45) is 0. The summed E-state index contributed by atoms with van der Waals surface area (Å²) in [7, 11) is 0. The monoisotopic (exact) mass is 298 g/mol. The molecule has 0 saturated heterocycles. The maximum absolute atomic E-state index is 11.8. The Labute approximate surface area is 122 Å². The van der Waals surface area contributed by atoms with Crippen molar-refractivity contribution in [2.45, 2.75) is 38.1 Å². The molecule has 0 aliphatic rings. The van der Waals surface area contributed by atoms with Gasteiger partial charge in [0.1, 0.15) is 0 Å². The molecule has 0 spiro atoms. The van der Waals surface area contributed by atoms with E-state index in [0.717, 1.165) is 23.1 Å². The molecule has 1 heterocycles. The van der Waals surface area contributed by atoms with Gasteiger partial charge in [0.25, 0.3) is 0 Å². The fourth-order valence-corrected chi connectivity index (χ4v) is 2.41. The van der Waals surface area contributed by atoms with Gasteiger partial charge >= 0.3 is 11.9 Å². The van der Waals surface area contributed by atoms with E-state index in [0.29, 0.717) is 5.16 Å². The van der Waals surface area contributed by atoms with Crippen LogP contribution in [0.4, 0.5) is 0 Å². The molecule has 0 aliphatic heterocycles. The molecule has 0 N–H and O–H groups in total. The zero-order chi connectivity index (χ0) is 15.1. The number of carbonyl (C=O) groups excluding carboxylic acids is 2. The van der Waals surface area contributed by atoms with Crippen molar-refractivity contribution in [1.29, 1.82) is 0 Å². The van der Waals surface area contributed by atoms with Crippen LogP contribution in [0.3, 0.4) is 0 Å². The number of hydrogen-bond donors (Lipinski definition) is 0. The number of nitrogens with zero attached hydrogens (tertiary/aromatic N) is 2. The smallest absolute Gasteiger partial charge is 0.331 e. The maximum atomic E-state index is 11.8. The molecule has 20 heavy (non-hydrogen) atoms. The first kappa shape index (κ1) is 16.4. The normalized spacial score (nSPS) is 10.4. The van der Waals surface area contributed by atoms with Crippen LogP contribution >= 0.6 is 11.8 Å². The average molecular weight is 298 g/mol. The molecule has 1 rings (SSSR count). The van der Waals surface area contributed by atoms with Crippen molar-refractivity contribution in [2.24, 2.45) is 0 Å². The van der Waals surface area contributed by atoms with Crippen molar-refractivity contribution in [3.8, 4) is 0 Å². The highest BCUT2D eigenvalue weighted by Crippen LogP contribution is 2.22. The summed E-state index contributed by atoms with van der Waals surface area (Å²) in [6.45, 7) is 7.40. The van der Waals surface area contributed by atoms with Crippen LogP contribution in [0.15, 0.2) is 11.2 Å². The minimum Gasteiger partial charge on any atom is -0.465 e. The van der Waals surface area contributed by atoms with E-state index in [1.165, 1.54) is 0 Å². The molecule has 1 aromatic heterocycles. The molecule has 0 aliphatic carbocycles. The molecular weight excluding hydrogens is 280 g/mol. The Morgan fingerprint density at radius 3 is 1.95 bits per heavy atom. The van der Waals surface area contributed by atoms with Gasteiger partial charge in [0, 0.05) is 11.4 Å². The van der Waals surface area contributed by atoms with Crippen LogP contribution in [-0.4, -0.2) is 40.4 Å². The first-order valence-corrected chi connectivity index (χ1v) is 7.18. The predicted molar refractivity (Wildman–Crippen MR) is 74.4 cm³/mol. The minimum atomic E-state index is -1.10. The number of aromatic nitrogens is 2. The van der Waals surface area contributed by atoms with E-state index in [2.05, 4.69) is 9.97 Å². The van der Waals surface area contributed by atoms with Gasteiger partial charge in [-0.05, 0) is 33.8 Å². The van der Waals surface area contributed by atoms with Crippen molar-refractivity contribution in [1.82, 2.24) is 9.97 Å². The highest BCUT2D eigenvalue weighted by atomic mass is 32.2. The van der Waals surface area contributed by atoms with Crippen molar-refractivity contribution >= 4 is 23.7 Å². The predicted octanol–water partition coefficient (Wildman–Crippen LogP) is 1.68. The molecule has 0 radical (unpaired) electrons. The lowest BCUT2D eigenvalue weighted by atomic mass is 10.4. The van der Waals surface area contributed by atoms with E-state index >= 15 is 0 Å². The number of thioether (sulfide) groups is 1. The lowest BCUT2D eigenvalue weighted by Crippen LogP contribution is -2.31. The van der Waals surface area contributed by atoms with E-state index in [1.54, 1.807) is 13.8 Å². The quantitative estimate of drug-likeness (QED) is 0.342. The van der Waals surface area contributed by atoms with Crippen molar-refractivity contribution in [3.63, 3.8) is 0 Å². The molecule has 0 bridgehead atoms. The van der Waals surface area contributed by atoms with Gasteiger partial charge in [-0.2, -0.15) is 0 Å². The average Bonchev–Trinajstić information content (AvgIpc) is 2.35. The van der Waals surface area contributed by atoms with E-state index in [-0.39, 0.29) is 13.2 Å². The standard InChI is InChI=1S/C13H18N2O4S/c1-5-18-11(16)10(12(17)19-6-2)20-13-14-8(3)7-9(4)15-13/h7,10H,5-6H2,1-4H3.